The average molecular weight is 1380 g/mol. The van der Waals surface area contributed by atoms with Gasteiger partial charge in [0.1, 0.15) is 11.4 Å². The Kier molecular flexibility index (Phi) is 14.7. The first kappa shape index (κ1) is 62.0. The maximum absolute atomic E-state index is 5.37. The molecular formula is C100H64N8. The number of fused-ring (bicyclic) bond motifs is 14. The topological polar surface area (TPSA) is 71.3 Å². The zero-order valence-corrected chi connectivity index (χ0v) is 58.5. The van der Waals surface area contributed by atoms with E-state index in [1.165, 1.54) is 98.5 Å². The van der Waals surface area contributed by atoms with E-state index in [9.17, 15) is 0 Å². The van der Waals surface area contributed by atoms with E-state index in [4.69, 9.17) is 19.9 Å². The van der Waals surface area contributed by atoms with Crippen molar-refractivity contribution in [3.05, 3.63) is 388 Å². The summed E-state index contributed by atoms with van der Waals surface area (Å²) in [5.74, 6) is 1.63. The Balaban J connectivity index is 0.000000138. The number of aromatic nitrogens is 8. The van der Waals surface area contributed by atoms with Gasteiger partial charge in [-0.25, -0.2) is 19.9 Å². The van der Waals surface area contributed by atoms with Gasteiger partial charge in [-0.3, -0.25) is 9.13 Å². The molecule has 0 aliphatic carbocycles. The van der Waals surface area contributed by atoms with E-state index in [-0.39, 0.29) is 0 Å². The van der Waals surface area contributed by atoms with Gasteiger partial charge in [-0.2, -0.15) is 0 Å². The molecule has 0 saturated heterocycles. The Morgan fingerprint density at radius 3 is 0.778 bits per heavy atom. The van der Waals surface area contributed by atoms with Crippen LogP contribution in [0.5, 0.6) is 0 Å². The lowest BCUT2D eigenvalue weighted by Gasteiger charge is -2.14. The molecule has 0 amide bonds. The number of nitrogens with zero attached hydrogens (tertiary/aromatic N) is 8. The van der Waals surface area contributed by atoms with Crippen LogP contribution in [0.1, 0.15) is 0 Å². The summed E-state index contributed by atoms with van der Waals surface area (Å²) in [5.41, 5.74) is 28.1. The van der Waals surface area contributed by atoms with Crippen LogP contribution < -0.4 is 0 Å². The zero-order valence-electron chi connectivity index (χ0n) is 58.5. The average Bonchev–Trinajstić information content (AvgIpc) is 1.57. The third-order valence-electron chi connectivity index (χ3n) is 21.4. The molecular weight excluding hydrogens is 1310 g/mol. The second-order valence-corrected chi connectivity index (χ2v) is 27.7. The van der Waals surface area contributed by atoms with Crippen LogP contribution in [-0.2, 0) is 0 Å². The quantitative estimate of drug-likeness (QED) is 0.137. The standard InChI is InChI=1S/2C50H32N4/c1-4-14-33(15-5-1)35-24-28-47-41(30-35)42-32-37(36-25-27-46-40(31-36)39-20-10-13-23-45(39)53(46)38-18-8-3-9-19-38)26-29-48(42)54(47)50-49(34-16-6-2-7-17-34)51-43-21-11-12-22-44(43)52-50;1-4-14-33(15-5-1)37-24-27-40-42-31-36(35-25-28-46-41(30-35)39-20-10-13-23-45(39)53(46)38-18-8-3-9-19-38)26-29-47(42)54(48(40)32-37)50-49(34-16-6-2-7-17-34)51-43-21-11-12-22-44(43)52-50/h2*1-32H. The van der Waals surface area contributed by atoms with E-state index in [0.29, 0.717) is 0 Å². The van der Waals surface area contributed by atoms with Crippen LogP contribution in [0, 0.1) is 0 Å². The summed E-state index contributed by atoms with van der Waals surface area (Å²) in [6.45, 7) is 0. The molecule has 0 saturated carbocycles. The van der Waals surface area contributed by atoms with Gasteiger partial charge in [0, 0.05) is 65.6 Å². The number of rotatable bonds is 10. The maximum atomic E-state index is 5.37. The highest BCUT2D eigenvalue weighted by Gasteiger charge is 2.25. The molecule has 0 fully saturated rings. The minimum atomic E-state index is 0.813. The highest BCUT2D eigenvalue weighted by atomic mass is 15.1. The third-order valence-corrected chi connectivity index (χ3v) is 21.4. The molecule has 0 N–H and O–H groups in total. The Hall–Kier alpha value is -14.6. The molecule has 108 heavy (non-hydrogen) atoms. The van der Waals surface area contributed by atoms with Crippen molar-refractivity contribution in [1.29, 1.82) is 0 Å². The van der Waals surface area contributed by atoms with Crippen molar-refractivity contribution in [3.8, 4) is 90.0 Å². The smallest absolute Gasteiger partial charge is 0.165 e. The van der Waals surface area contributed by atoms with Crippen molar-refractivity contribution in [3.63, 3.8) is 0 Å². The molecule has 6 heterocycles. The number of hydrogen-bond acceptors (Lipinski definition) is 4. The van der Waals surface area contributed by atoms with Crippen LogP contribution in [-0.4, -0.2) is 38.2 Å². The number of benzene rings is 16. The zero-order chi connectivity index (χ0) is 71.2. The van der Waals surface area contributed by atoms with E-state index in [2.05, 4.69) is 346 Å². The lowest BCUT2D eigenvalue weighted by molar-refractivity contribution is 1.08. The summed E-state index contributed by atoms with van der Waals surface area (Å²) < 4.78 is 9.36. The maximum Gasteiger partial charge on any atom is 0.165 e. The van der Waals surface area contributed by atoms with E-state index >= 15 is 0 Å². The molecule has 0 spiro atoms. The lowest BCUT2D eigenvalue weighted by atomic mass is 9.99. The molecule has 22 aromatic rings. The van der Waals surface area contributed by atoms with Crippen LogP contribution >= 0.6 is 0 Å². The van der Waals surface area contributed by atoms with Crippen LogP contribution in [0.2, 0.25) is 0 Å². The summed E-state index contributed by atoms with van der Waals surface area (Å²) in [5, 5.41) is 9.63. The summed E-state index contributed by atoms with van der Waals surface area (Å²) in [6, 6.07) is 138. The third kappa shape index (κ3) is 10.4. The van der Waals surface area contributed by atoms with Crippen LogP contribution in [0.15, 0.2) is 388 Å². The van der Waals surface area contributed by atoms with Gasteiger partial charge in [0.2, 0.25) is 0 Å². The van der Waals surface area contributed by atoms with Gasteiger partial charge in [-0.05, 0) is 172 Å². The fourth-order valence-corrected chi connectivity index (χ4v) is 16.4. The van der Waals surface area contributed by atoms with E-state index < -0.39 is 0 Å². The van der Waals surface area contributed by atoms with Crippen molar-refractivity contribution < 1.29 is 0 Å². The normalized spacial score (nSPS) is 11.7. The Morgan fingerprint density at radius 1 is 0.148 bits per heavy atom. The number of para-hydroxylation sites is 8. The largest absolute Gasteiger partial charge is 0.309 e. The first-order valence-corrected chi connectivity index (χ1v) is 36.7. The minimum Gasteiger partial charge on any atom is -0.309 e. The molecule has 0 aliphatic rings. The van der Waals surface area contributed by atoms with Gasteiger partial charge in [-0.1, -0.05) is 261 Å². The fourth-order valence-electron chi connectivity index (χ4n) is 16.4. The Morgan fingerprint density at radius 2 is 0.398 bits per heavy atom. The lowest BCUT2D eigenvalue weighted by Crippen LogP contribution is -2.03. The first-order chi connectivity index (χ1) is 53.6. The SMILES string of the molecule is c1ccc(-c2ccc3c(c2)c2cc(-c4ccc5c(c4)c4ccccc4n5-c4ccccc4)ccc2n3-c2nc3ccccc3nc2-c2ccccc2)cc1.c1ccc(-c2ccc3c4cc(-c5ccc6c(c5)c5ccccc5n6-c5ccccc5)ccc4n(-c4nc5ccccc5nc4-c4ccccc4)c3c2)cc1. The molecule has 0 atom stereocenters. The Bertz CT molecular complexity index is 7260. The van der Waals surface area contributed by atoms with Gasteiger partial charge in [-0.15, -0.1) is 0 Å². The van der Waals surface area contributed by atoms with E-state index in [0.717, 1.165) is 101 Å². The van der Waals surface area contributed by atoms with Crippen molar-refractivity contribution in [2.45, 2.75) is 0 Å². The van der Waals surface area contributed by atoms with Gasteiger partial charge in [0.25, 0.3) is 0 Å². The molecule has 8 heteroatoms. The molecule has 0 unspecified atom stereocenters. The van der Waals surface area contributed by atoms with Crippen molar-refractivity contribution in [2.24, 2.45) is 0 Å². The van der Waals surface area contributed by atoms with E-state index in [1.54, 1.807) is 0 Å². The summed E-state index contributed by atoms with van der Waals surface area (Å²) in [6.07, 6.45) is 0. The monoisotopic (exact) mass is 1380 g/mol. The molecule has 0 radical (unpaired) electrons. The Labute approximate surface area is 621 Å². The molecule has 16 aromatic carbocycles. The first-order valence-electron chi connectivity index (χ1n) is 36.7. The molecule has 0 aliphatic heterocycles. The highest BCUT2D eigenvalue weighted by Crippen LogP contribution is 2.44. The van der Waals surface area contributed by atoms with Crippen LogP contribution in [0.3, 0.4) is 0 Å². The molecule has 22 rings (SSSR count). The number of hydrogen-bond donors (Lipinski definition) is 0. The predicted molar refractivity (Wildman–Crippen MR) is 449 cm³/mol. The second-order valence-electron chi connectivity index (χ2n) is 27.7. The van der Waals surface area contributed by atoms with Gasteiger partial charge in [0.05, 0.1) is 66.2 Å². The van der Waals surface area contributed by atoms with Crippen molar-refractivity contribution in [2.75, 3.05) is 0 Å². The molecule has 504 valence electrons. The fraction of sp³-hybridized carbons (Fsp3) is 0. The van der Waals surface area contributed by atoms with Crippen LogP contribution in [0.25, 0.3) is 199 Å². The summed E-state index contributed by atoms with van der Waals surface area (Å²) in [4.78, 5) is 21.2. The predicted octanol–water partition coefficient (Wildman–Crippen LogP) is 25.7. The highest BCUT2D eigenvalue weighted by molar-refractivity contribution is 6.16. The van der Waals surface area contributed by atoms with Crippen molar-refractivity contribution in [1.82, 2.24) is 38.2 Å². The van der Waals surface area contributed by atoms with Gasteiger partial charge < -0.3 is 9.13 Å². The molecule has 0 bridgehead atoms. The summed E-state index contributed by atoms with van der Waals surface area (Å²) >= 11 is 0. The second kappa shape index (κ2) is 25.7. The minimum absolute atomic E-state index is 0.813. The van der Waals surface area contributed by atoms with Crippen molar-refractivity contribution >= 4 is 109 Å². The molecule has 6 aromatic heterocycles. The van der Waals surface area contributed by atoms with E-state index in [1.807, 2.05) is 60.7 Å². The summed E-state index contributed by atoms with van der Waals surface area (Å²) in [7, 11) is 0. The van der Waals surface area contributed by atoms with Crippen LogP contribution in [0.4, 0.5) is 0 Å². The van der Waals surface area contributed by atoms with Gasteiger partial charge in [0.15, 0.2) is 11.6 Å². The van der Waals surface area contributed by atoms with Gasteiger partial charge >= 0.3 is 0 Å². The molecule has 8 nitrogen and oxygen atoms in total.